The quantitative estimate of drug-likeness (QED) is 0.767. The van der Waals surface area contributed by atoms with Gasteiger partial charge in [-0.3, -0.25) is 0 Å². The van der Waals surface area contributed by atoms with Crippen LogP contribution >= 0.6 is 11.6 Å². The molecule has 0 atom stereocenters. The molecule has 0 aliphatic rings. The fourth-order valence-electron chi connectivity index (χ4n) is 1.96. The van der Waals surface area contributed by atoms with Gasteiger partial charge in [0.15, 0.2) is 0 Å². The molecule has 0 saturated carbocycles. The Bertz CT molecular complexity index is 689. The first-order chi connectivity index (χ1) is 8.78. The summed E-state index contributed by atoms with van der Waals surface area (Å²) in [4.78, 5) is 4.53. The van der Waals surface area contributed by atoms with Crippen LogP contribution in [-0.4, -0.2) is 14.5 Å². The number of benzene rings is 1. The third-order valence-corrected chi connectivity index (χ3v) is 3.13. The van der Waals surface area contributed by atoms with Crippen molar-refractivity contribution in [2.75, 3.05) is 0 Å². The van der Waals surface area contributed by atoms with Gasteiger partial charge in [-0.2, -0.15) is 0 Å². The van der Waals surface area contributed by atoms with Gasteiger partial charge in [0.25, 0.3) is 0 Å². The predicted molar refractivity (Wildman–Crippen MR) is 71.6 cm³/mol. The van der Waals surface area contributed by atoms with Gasteiger partial charge in [0.1, 0.15) is 5.65 Å². The molecule has 4 heteroatoms. The largest absolute Gasteiger partial charge is 0.390 e. The number of hydrogen-bond donors (Lipinski definition) is 1. The normalized spacial score (nSPS) is 11.0. The Kier molecular flexibility index (Phi) is 2.78. The number of aliphatic hydroxyl groups is 1. The molecule has 1 N–H and O–H groups in total. The summed E-state index contributed by atoms with van der Waals surface area (Å²) in [6.45, 7) is -0.00619. The van der Waals surface area contributed by atoms with Gasteiger partial charge in [0, 0.05) is 22.5 Å². The zero-order valence-electron chi connectivity index (χ0n) is 9.55. The molecule has 0 amide bonds. The molecule has 0 aliphatic carbocycles. The predicted octanol–water partition coefficient (Wildman–Crippen LogP) is 3.15. The van der Waals surface area contributed by atoms with Crippen molar-refractivity contribution in [2.45, 2.75) is 6.61 Å². The number of fused-ring (bicyclic) bond motifs is 1. The molecule has 0 spiro atoms. The molecule has 0 aliphatic heterocycles. The summed E-state index contributed by atoms with van der Waals surface area (Å²) in [5.74, 6) is 0. The smallest absolute Gasteiger partial charge is 0.137 e. The van der Waals surface area contributed by atoms with Crippen molar-refractivity contribution in [3.05, 3.63) is 59.4 Å². The van der Waals surface area contributed by atoms with Gasteiger partial charge in [0.2, 0.25) is 0 Å². The molecule has 0 bridgehead atoms. The second-order valence-corrected chi connectivity index (χ2v) is 4.47. The maximum atomic E-state index is 9.29. The van der Waals surface area contributed by atoms with E-state index >= 15 is 0 Å². The van der Waals surface area contributed by atoms with Crippen LogP contribution in [0.4, 0.5) is 0 Å². The third-order valence-electron chi connectivity index (χ3n) is 2.88. The zero-order valence-corrected chi connectivity index (χ0v) is 10.3. The lowest BCUT2D eigenvalue weighted by Crippen LogP contribution is -1.93. The number of imidazole rings is 1. The van der Waals surface area contributed by atoms with Gasteiger partial charge in [-0.05, 0) is 24.3 Å². The van der Waals surface area contributed by atoms with Crippen molar-refractivity contribution in [3.8, 4) is 11.3 Å². The summed E-state index contributed by atoms with van der Waals surface area (Å²) in [5, 5.41) is 9.99. The zero-order chi connectivity index (χ0) is 12.5. The Morgan fingerprint density at radius 1 is 1.11 bits per heavy atom. The Morgan fingerprint density at radius 3 is 2.61 bits per heavy atom. The molecule has 1 aromatic carbocycles. The van der Waals surface area contributed by atoms with Gasteiger partial charge in [0.05, 0.1) is 12.3 Å². The molecule has 3 nitrogen and oxygen atoms in total. The minimum absolute atomic E-state index is 0.00619. The van der Waals surface area contributed by atoms with Gasteiger partial charge >= 0.3 is 0 Å². The molecule has 0 unspecified atom stereocenters. The number of aromatic nitrogens is 2. The number of nitrogens with zero attached hydrogens (tertiary/aromatic N) is 2. The van der Waals surface area contributed by atoms with E-state index in [4.69, 9.17) is 11.6 Å². The van der Waals surface area contributed by atoms with Gasteiger partial charge < -0.3 is 9.51 Å². The molecular weight excluding hydrogens is 248 g/mol. The number of pyridine rings is 1. The molecule has 2 heterocycles. The first-order valence-electron chi connectivity index (χ1n) is 5.62. The second-order valence-electron chi connectivity index (χ2n) is 4.04. The summed E-state index contributed by atoms with van der Waals surface area (Å²) in [5.41, 5.74) is 3.52. The van der Waals surface area contributed by atoms with Crippen LogP contribution in [0.1, 0.15) is 5.69 Å². The molecule has 0 fully saturated rings. The van der Waals surface area contributed by atoms with Crippen molar-refractivity contribution in [1.29, 1.82) is 0 Å². The standard InChI is InChI=1S/C14H11ClN2O/c15-11-6-4-10(5-7-11)13-8-17-12(9-18)2-1-3-14(17)16-13/h1-8,18H,9H2. The molecule has 2 aromatic heterocycles. The average molecular weight is 259 g/mol. The topological polar surface area (TPSA) is 37.5 Å². The molecule has 90 valence electrons. The van der Waals surface area contributed by atoms with Crippen LogP contribution in [0.5, 0.6) is 0 Å². The fraction of sp³-hybridized carbons (Fsp3) is 0.0714. The average Bonchev–Trinajstić information content (AvgIpc) is 2.83. The van der Waals surface area contributed by atoms with E-state index in [2.05, 4.69) is 4.98 Å². The highest BCUT2D eigenvalue weighted by Gasteiger charge is 2.06. The Labute approximate surface area is 109 Å². The summed E-state index contributed by atoms with van der Waals surface area (Å²) in [7, 11) is 0. The Hall–Kier alpha value is -1.84. The first kappa shape index (κ1) is 11.3. The van der Waals surface area contributed by atoms with E-state index in [0.717, 1.165) is 22.6 Å². The van der Waals surface area contributed by atoms with E-state index in [1.54, 1.807) is 0 Å². The molecule has 3 aromatic rings. The lowest BCUT2D eigenvalue weighted by molar-refractivity contribution is 0.275. The monoisotopic (exact) mass is 258 g/mol. The van der Waals surface area contributed by atoms with Crippen molar-refractivity contribution in [1.82, 2.24) is 9.38 Å². The Balaban J connectivity index is 2.16. The maximum absolute atomic E-state index is 9.29. The van der Waals surface area contributed by atoms with Gasteiger partial charge in [-0.1, -0.05) is 29.8 Å². The van der Waals surface area contributed by atoms with Crippen LogP contribution in [0.25, 0.3) is 16.9 Å². The van der Waals surface area contributed by atoms with Gasteiger partial charge in [-0.25, -0.2) is 4.98 Å². The summed E-state index contributed by atoms with van der Waals surface area (Å²) in [6, 6.07) is 13.2. The fourth-order valence-corrected chi connectivity index (χ4v) is 2.08. The minimum Gasteiger partial charge on any atom is -0.390 e. The molecule has 0 radical (unpaired) electrons. The summed E-state index contributed by atoms with van der Waals surface area (Å²) < 4.78 is 1.89. The SMILES string of the molecule is OCc1cccc2nc(-c3ccc(Cl)cc3)cn12. The number of rotatable bonds is 2. The van der Waals surface area contributed by atoms with Crippen LogP contribution in [0, 0.1) is 0 Å². The lowest BCUT2D eigenvalue weighted by Gasteiger charge is -1.99. The second kappa shape index (κ2) is 4.44. The van der Waals surface area contributed by atoms with E-state index in [1.165, 1.54) is 0 Å². The van der Waals surface area contributed by atoms with E-state index < -0.39 is 0 Å². The van der Waals surface area contributed by atoms with Crippen molar-refractivity contribution < 1.29 is 5.11 Å². The van der Waals surface area contributed by atoms with Crippen LogP contribution in [-0.2, 0) is 6.61 Å². The van der Waals surface area contributed by atoms with Crippen LogP contribution in [0.3, 0.4) is 0 Å². The van der Waals surface area contributed by atoms with Crippen LogP contribution in [0.15, 0.2) is 48.7 Å². The Morgan fingerprint density at radius 2 is 1.89 bits per heavy atom. The van der Waals surface area contributed by atoms with E-state index in [-0.39, 0.29) is 6.61 Å². The van der Waals surface area contributed by atoms with Gasteiger partial charge in [-0.15, -0.1) is 0 Å². The molecule has 0 saturated heterocycles. The first-order valence-corrected chi connectivity index (χ1v) is 5.99. The molecular formula is C14H11ClN2O. The number of hydrogen-bond acceptors (Lipinski definition) is 2. The summed E-state index contributed by atoms with van der Waals surface area (Å²) in [6.07, 6.45) is 1.92. The van der Waals surface area contributed by atoms with E-state index in [9.17, 15) is 5.11 Å². The summed E-state index contributed by atoms with van der Waals surface area (Å²) >= 11 is 5.87. The minimum atomic E-state index is -0.00619. The van der Waals surface area contributed by atoms with Crippen molar-refractivity contribution >= 4 is 17.2 Å². The van der Waals surface area contributed by atoms with Crippen molar-refractivity contribution in [3.63, 3.8) is 0 Å². The highest BCUT2D eigenvalue weighted by atomic mass is 35.5. The maximum Gasteiger partial charge on any atom is 0.137 e. The number of aliphatic hydroxyl groups excluding tert-OH is 1. The van der Waals surface area contributed by atoms with Crippen LogP contribution < -0.4 is 0 Å². The third kappa shape index (κ3) is 1.88. The molecule has 3 rings (SSSR count). The lowest BCUT2D eigenvalue weighted by atomic mass is 10.2. The van der Waals surface area contributed by atoms with E-state index in [0.29, 0.717) is 5.02 Å². The van der Waals surface area contributed by atoms with Crippen LogP contribution in [0.2, 0.25) is 5.02 Å². The van der Waals surface area contributed by atoms with E-state index in [1.807, 2.05) is 53.1 Å². The molecule has 18 heavy (non-hydrogen) atoms. The highest BCUT2D eigenvalue weighted by Crippen LogP contribution is 2.22. The number of halogens is 1. The van der Waals surface area contributed by atoms with Crippen molar-refractivity contribution in [2.24, 2.45) is 0 Å². The highest BCUT2D eigenvalue weighted by molar-refractivity contribution is 6.30.